The average molecular weight is 382 g/mol. The Morgan fingerprint density at radius 2 is 1.75 bits per heavy atom. The maximum atomic E-state index is 12.8. The van der Waals surface area contributed by atoms with Gasteiger partial charge in [0, 0.05) is 56.2 Å². The molecule has 8 nitrogen and oxygen atoms in total. The van der Waals surface area contributed by atoms with Crippen LogP contribution in [0.4, 0.5) is 17.1 Å². The zero-order valence-electron chi connectivity index (χ0n) is 15.5. The van der Waals surface area contributed by atoms with E-state index in [1.54, 1.807) is 29.2 Å². The Hall–Kier alpha value is -3.13. The minimum atomic E-state index is -0.404. The maximum absolute atomic E-state index is 12.8. The number of piperazine rings is 1. The molecule has 1 saturated heterocycles. The first-order chi connectivity index (χ1) is 13.5. The van der Waals surface area contributed by atoms with Gasteiger partial charge in [-0.2, -0.15) is 0 Å². The normalized spacial score (nSPS) is 16.9. The van der Waals surface area contributed by atoms with Crippen LogP contribution >= 0.6 is 0 Å². The number of aromatic hydroxyl groups is 1. The Kier molecular flexibility index (Phi) is 4.87. The van der Waals surface area contributed by atoms with Gasteiger partial charge in [0.05, 0.1) is 11.5 Å². The van der Waals surface area contributed by atoms with E-state index in [0.717, 1.165) is 43.1 Å². The largest absolute Gasteiger partial charge is 0.508 e. The van der Waals surface area contributed by atoms with Gasteiger partial charge >= 0.3 is 0 Å². The third kappa shape index (κ3) is 3.63. The Bertz CT molecular complexity index is 892. The molecule has 2 aliphatic rings. The van der Waals surface area contributed by atoms with E-state index >= 15 is 0 Å². The Morgan fingerprint density at radius 1 is 1.04 bits per heavy atom. The fourth-order valence-corrected chi connectivity index (χ4v) is 3.87. The number of carbonyl (C=O) groups excluding carboxylic acids is 1. The first kappa shape index (κ1) is 18.2. The number of fused-ring (bicyclic) bond motifs is 1. The number of non-ortho nitro benzene ring substituents is 1. The zero-order chi connectivity index (χ0) is 19.7. The molecule has 1 amide bonds. The van der Waals surface area contributed by atoms with E-state index in [1.165, 1.54) is 6.07 Å². The van der Waals surface area contributed by atoms with Crippen LogP contribution in [-0.4, -0.2) is 60.1 Å². The summed E-state index contributed by atoms with van der Waals surface area (Å²) in [5, 5.41) is 20.3. The molecule has 2 aromatic carbocycles. The Balaban J connectivity index is 1.34. The fourth-order valence-electron chi connectivity index (χ4n) is 3.87. The van der Waals surface area contributed by atoms with Gasteiger partial charge in [-0.15, -0.1) is 0 Å². The minimum Gasteiger partial charge on any atom is -0.508 e. The molecule has 2 heterocycles. The van der Waals surface area contributed by atoms with Crippen molar-refractivity contribution in [3.8, 4) is 5.75 Å². The number of phenolic OH excluding ortho intramolecular Hbond substituents is 1. The topological polar surface area (TPSA) is 90.2 Å². The third-order valence-electron chi connectivity index (χ3n) is 5.42. The quantitative estimate of drug-likeness (QED) is 0.643. The highest BCUT2D eigenvalue weighted by Gasteiger charge is 2.28. The second kappa shape index (κ2) is 7.47. The summed E-state index contributed by atoms with van der Waals surface area (Å²) >= 11 is 0. The highest BCUT2D eigenvalue weighted by Crippen LogP contribution is 2.31. The lowest BCUT2D eigenvalue weighted by Gasteiger charge is -2.36. The van der Waals surface area contributed by atoms with Gasteiger partial charge < -0.3 is 14.9 Å². The Labute approximate surface area is 162 Å². The summed E-state index contributed by atoms with van der Waals surface area (Å²) in [6.45, 7) is 4.13. The summed E-state index contributed by atoms with van der Waals surface area (Å²) in [7, 11) is 0. The summed E-state index contributed by atoms with van der Waals surface area (Å²) in [5.41, 5.74) is 2.79. The van der Waals surface area contributed by atoms with Crippen LogP contribution in [0.5, 0.6) is 5.75 Å². The number of benzene rings is 2. The molecule has 0 atom stereocenters. The lowest BCUT2D eigenvalue weighted by atomic mass is 10.1. The van der Waals surface area contributed by atoms with E-state index in [-0.39, 0.29) is 17.3 Å². The van der Waals surface area contributed by atoms with Crippen molar-refractivity contribution in [2.45, 2.75) is 6.42 Å². The van der Waals surface area contributed by atoms with Crippen molar-refractivity contribution in [1.29, 1.82) is 0 Å². The van der Waals surface area contributed by atoms with E-state index in [0.29, 0.717) is 19.5 Å². The molecule has 0 aliphatic carbocycles. The number of amides is 1. The second-order valence-electron chi connectivity index (χ2n) is 7.15. The number of hydrogen-bond donors (Lipinski definition) is 1. The van der Waals surface area contributed by atoms with Crippen LogP contribution < -0.4 is 9.80 Å². The van der Waals surface area contributed by atoms with Crippen molar-refractivity contribution in [3.63, 3.8) is 0 Å². The summed E-state index contributed by atoms with van der Waals surface area (Å²) in [4.78, 5) is 29.4. The van der Waals surface area contributed by atoms with E-state index in [9.17, 15) is 20.0 Å². The van der Waals surface area contributed by atoms with Gasteiger partial charge in [0.15, 0.2) is 0 Å². The van der Waals surface area contributed by atoms with E-state index in [2.05, 4.69) is 9.80 Å². The SMILES string of the molecule is O=C(CN1CCN(c2ccc(O)cc2)CC1)N1CCc2cc([N+](=O)[O-])ccc21. The molecule has 4 rings (SSSR count). The highest BCUT2D eigenvalue weighted by molar-refractivity contribution is 5.97. The molecule has 1 N–H and O–H groups in total. The van der Waals surface area contributed by atoms with Crippen molar-refractivity contribution in [3.05, 3.63) is 58.1 Å². The molecule has 2 aliphatic heterocycles. The number of carbonyl (C=O) groups is 1. The molecule has 28 heavy (non-hydrogen) atoms. The van der Waals surface area contributed by atoms with Gasteiger partial charge in [-0.25, -0.2) is 0 Å². The third-order valence-corrected chi connectivity index (χ3v) is 5.42. The van der Waals surface area contributed by atoms with Crippen molar-refractivity contribution in [2.75, 3.05) is 49.1 Å². The summed E-state index contributed by atoms with van der Waals surface area (Å²) in [6, 6.07) is 11.9. The molecule has 146 valence electrons. The minimum absolute atomic E-state index is 0.0330. The fraction of sp³-hybridized carbons (Fsp3) is 0.350. The van der Waals surface area contributed by atoms with Crippen LogP contribution in [-0.2, 0) is 11.2 Å². The molecule has 0 saturated carbocycles. The van der Waals surface area contributed by atoms with E-state index in [1.807, 2.05) is 12.1 Å². The van der Waals surface area contributed by atoms with Crippen molar-refractivity contribution >= 4 is 23.0 Å². The molecule has 2 aromatic rings. The van der Waals surface area contributed by atoms with E-state index < -0.39 is 4.92 Å². The average Bonchev–Trinajstić information content (AvgIpc) is 3.12. The summed E-state index contributed by atoms with van der Waals surface area (Å²) in [5.74, 6) is 0.287. The molecule has 0 bridgehead atoms. The summed E-state index contributed by atoms with van der Waals surface area (Å²) in [6.07, 6.45) is 0.650. The van der Waals surface area contributed by atoms with Crippen LogP contribution in [0.25, 0.3) is 0 Å². The molecular weight excluding hydrogens is 360 g/mol. The van der Waals surface area contributed by atoms with Crippen LogP contribution in [0.2, 0.25) is 0 Å². The van der Waals surface area contributed by atoms with Gasteiger partial charge in [-0.05, 0) is 42.3 Å². The molecule has 1 fully saturated rings. The van der Waals surface area contributed by atoms with Gasteiger partial charge in [0.2, 0.25) is 5.91 Å². The highest BCUT2D eigenvalue weighted by atomic mass is 16.6. The van der Waals surface area contributed by atoms with Crippen LogP contribution in [0.1, 0.15) is 5.56 Å². The van der Waals surface area contributed by atoms with Gasteiger partial charge in [-0.1, -0.05) is 0 Å². The number of nitro benzene ring substituents is 1. The number of nitro groups is 1. The lowest BCUT2D eigenvalue weighted by Crippen LogP contribution is -2.50. The van der Waals surface area contributed by atoms with Crippen LogP contribution in [0.15, 0.2) is 42.5 Å². The van der Waals surface area contributed by atoms with Gasteiger partial charge in [0.1, 0.15) is 5.75 Å². The molecule has 0 aromatic heterocycles. The van der Waals surface area contributed by atoms with Crippen molar-refractivity contribution < 1.29 is 14.8 Å². The number of nitrogens with zero attached hydrogens (tertiary/aromatic N) is 4. The monoisotopic (exact) mass is 382 g/mol. The molecule has 8 heteroatoms. The van der Waals surface area contributed by atoms with Crippen molar-refractivity contribution in [2.24, 2.45) is 0 Å². The summed E-state index contributed by atoms with van der Waals surface area (Å²) < 4.78 is 0. The number of rotatable bonds is 4. The molecule has 0 radical (unpaired) electrons. The zero-order valence-corrected chi connectivity index (χ0v) is 15.5. The van der Waals surface area contributed by atoms with E-state index in [4.69, 9.17) is 0 Å². The predicted molar refractivity (Wildman–Crippen MR) is 106 cm³/mol. The maximum Gasteiger partial charge on any atom is 0.269 e. The van der Waals surface area contributed by atoms with Gasteiger partial charge in [-0.3, -0.25) is 19.8 Å². The Morgan fingerprint density at radius 3 is 2.43 bits per heavy atom. The molecule has 0 spiro atoms. The van der Waals surface area contributed by atoms with Crippen LogP contribution in [0.3, 0.4) is 0 Å². The standard InChI is InChI=1S/C20H22N4O4/c25-18-4-1-16(2-5-18)22-11-9-21(10-12-22)14-20(26)23-8-7-15-13-17(24(27)28)3-6-19(15)23/h1-6,13,25H,7-12,14H2. The lowest BCUT2D eigenvalue weighted by molar-refractivity contribution is -0.384. The first-order valence-corrected chi connectivity index (χ1v) is 9.35. The smallest absolute Gasteiger partial charge is 0.269 e. The first-order valence-electron chi connectivity index (χ1n) is 9.35. The van der Waals surface area contributed by atoms with Gasteiger partial charge in [0.25, 0.3) is 5.69 Å². The second-order valence-corrected chi connectivity index (χ2v) is 7.15. The molecule has 0 unspecified atom stereocenters. The number of phenols is 1. The number of anilines is 2. The molecular formula is C20H22N4O4. The van der Waals surface area contributed by atoms with Crippen LogP contribution in [0, 0.1) is 10.1 Å². The predicted octanol–water partition coefficient (Wildman–Crippen LogP) is 2.01. The van der Waals surface area contributed by atoms with Crippen molar-refractivity contribution in [1.82, 2.24) is 4.90 Å². The number of hydrogen-bond acceptors (Lipinski definition) is 6.